The Morgan fingerprint density at radius 3 is 2.33 bits per heavy atom. The van der Waals surface area contributed by atoms with Crippen molar-refractivity contribution in [3.05, 3.63) is 53.6 Å². The average Bonchev–Trinajstić information content (AvgIpc) is 2.70. The Bertz CT molecular complexity index is 781. The largest absolute Gasteiger partial charge is 0.497 e. The van der Waals surface area contributed by atoms with E-state index in [1.165, 1.54) is 16.8 Å². The third-order valence-corrected chi connectivity index (χ3v) is 5.52. The molecule has 2 aromatic rings. The highest BCUT2D eigenvalue weighted by Gasteiger charge is 2.26. The predicted octanol–water partition coefficient (Wildman–Crippen LogP) is 3.46. The summed E-state index contributed by atoms with van der Waals surface area (Å²) >= 11 is 0. The smallest absolute Gasteiger partial charge is 0.241 e. The van der Waals surface area contributed by atoms with Gasteiger partial charge in [0.15, 0.2) is 0 Å². The van der Waals surface area contributed by atoms with Crippen LogP contribution in [-0.4, -0.2) is 50.1 Å². The number of carbonyl (C=O) groups excluding carboxylic acids is 1. The summed E-state index contributed by atoms with van der Waals surface area (Å²) in [5.41, 5.74) is 4.77. The minimum absolute atomic E-state index is 0.0281. The number of benzene rings is 2. The van der Waals surface area contributed by atoms with Crippen LogP contribution < -0.4 is 15.0 Å². The van der Waals surface area contributed by atoms with Gasteiger partial charge in [-0.05, 0) is 62.2 Å². The Morgan fingerprint density at radius 1 is 1.04 bits per heavy atom. The van der Waals surface area contributed by atoms with Crippen molar-refractivity contribution in [2.75, 3.05) is 43.5 Å². The van der Waals surface area contributed by atoms with Crippen LogP contribution in [0, 0.1) is 13.8 Å². The summed E-state index contributed by atoms with van der Waals surface area (Å²) < 4.78 is 5.15. The van der Waals surface area contributed by atoms with Gasteiger partial charge in [0.25, 0.3) is 0 Å². The zero-order chi connectivity index (χ0) is 19.4. The molecule has 1 heterocycles. The Labute approximate surface area is 161 Å². The lowest BCUT2D eigenvalue weighted by atomic mass is 10.1. The van der Waals surface area contributed by atoms with Crippen molar-refractivity contribution in [3.8, 4) is 5.75 Å². The molecule has 0 saturated carbocycles. The van der Waals surface area contributed by atoms with Gasteiger partial charge in [-0.1, -0.05) is 12.1 Å². The van der Waals surface area contributed by atoms with Gasteiger partial charge < -0.3 is 15.0 Å². The third-order valence-electron chi connectivity index (χ3n) is 5.52. The molecule has 0 aromatic heterocycles. The molecule has 1 aliphatic rings. The zero-order valence-corrected chi connectivity index (χ0v) is 16.7. The van der Waals surface area contributed by atoms with Gasteiger partial charge in [0.05, 0.1) is 13.2 Å². The number of methoxy groups -OCH3 is 1. The van der Waals surface area contributed by atoms with Crippen molar-refractivity contribution in [2.45, 2.75) is 26.8 Å². The number of amides is 1. The van der Waals surface area contributed by atoms with E-state index in [0.717, 1.165) is 37.6 Å². The number of carbonyl (C=O) groups is 1. The van der Waals surface area contributed by atoms with Crippen molar-refractivity contribution in [3.63, 3.8) is 0 Å². The van der Waals surface area contributed by atoms with Crippen LogP contribution in [-0.2, 0) is 4.79 Å². The Hall–Kier alpha value is -2.53. The van der Waals surface area contributed by atoms with Crippen LogP contribution in [0.5, 0.6) is 5.75 Å². The first-order valence-corrected chi connectivity index (χ1v) is 9.49. The summed E-state index contributed by atoms with van der Waals surface area (Å²) in [4.78, 5) is 17.3. The number of piperazine rings is 1. The van der Waals surface area contributed by atoms with Crippen molar-refractivity contribution < 1.29 is 9.53 Å². The van der Waals surface area contributed by atoms with Crippen LogP contribution in [0.15, 0.2) is 42.5 Å². The molecule has 0 aliphatic carbocycles. The van der Waals surface area contributed by atoms with E-state index in [4.69, 9.17) is 4.74 Å². The van der Waals surface area contributed by atoms with Crippen LogP contribution in [0.25, 0.3) is 0 Å². The van der Waals surface area contributed by atoms with E-state index < -0.39 is 0 Å². The van der Waals surface area contributed by atoms with Crippen molar-refractivity contribution in [1.82, 2.24) is 4.90 Å². The second kappa shape index (κ2) is 8.44. The van der Waals surface area contributed by atoms with Gasteiger partial charge in [-0.2, -0.15) is 0 Å². The van der Waals surface area contributed by atoms with E-state index >= 15 is 0 Å². The summed E-state index contributed by atoms with van der Waals surface area (Å²) in [6.07, 6.45) is 0. The van der Waals surface area contributed by atoms with Crippen molar-refractivity contribution >= 4 is 17.3 Å². The number of rotatable bonds is 5. The topological polar surface area (TPSA) is 44.8 Å². The lowest BCUT2D eigenvalue weighted by Gasteiger charge is -2.39. The molecule has 1 atom stereocenters. The minimum atomic E-state index is -0.159. The quantitative estimate of drug-likeness (QED) is 0.879. The Balaban J connectivity index is 1.56. The molecule has 0 radical (unpaired) electrons. The molecule has 1 fully saturated rings. The maximum absolute atomic E-state index is 12.6. The molecule has 5 heteroatoms. The number of hydrogen-bond acceptors (Lipinski definition) is 4. The predicted molar refractivity (Wildman–Crippen MR) is 111 cm³/mol. The Morgan fingerprint density at radius 2 is 1.70 bits per heavy atom. The van der Waals surface area contributed by atoms with Gasteiger partial charge in [0.2, 0.25) is 5.91 Å². The van der Waals surface area contributed by atoms with Gasteiger partial charge in [-0.3, -0.25) is 9.69 Å². The van der Waals surface area contributed by atoms with E-state index in [-0.39, 0.29) is 11.9 Å². The molecular formula is C22H29N3O2. The maximum Gasteiger partial charge on any atom is 0.241 e. The number of anilines is 2. The van der Waals surface area contributed by atoms with Crippen molar-refractivity contribution in [1.29, 1.82) is 0 Å². The molecule has 27 heavy (non-hydrogen) atoms. The molecule has 0 bridgehead atoms. The standard InChI is InChI=1S/C22H29N3O2/c1-16-6-5-7-21(17(16)2)25-14-12-24(13-15-25)18(3)22(26)23-19-8-10-20(27-4)11-9-19/h5-11,18H,12-15H2,1-4H3,(H,23,26)/t18-/m1/s1. The summed E-state index contributed by atoms with van der Waals surface area (Å²) in [7, 11) is 1.63. The number of hydrogen-bond donors (Lipinski definition) is 1. The summed E-state index contributed by atoms with van der Waals surface area (Å²) in [5, 5.41) is 3.00. The van der Waals surface area contributed by atoms with Crippen LogP contribution >= 0.6 is 0 Å². The lowest BCUT2D eigenvalue weighted by molar-refractivity contribution is -0.120. The molecule has 2 aromatic carbocycles. The normalized spacial score (nSPS) is 16.1. The van der Waals surface area contributed by atoms with E-state index in [2.05, 4.69) is 47.2 Å². The fraction of sp³-hybridized carbons (Fsp3) is 0.409. The van der Waals surface area contributed by atoms with Crippen molar-refractivity contribution in [2.24, 2.45) is 0 Å². The fourth-order valence-electron chi connectivity index (χ4n) is 3.52. The SMILES string of the molecule is COc1ccc(NC(=O)[C@@H](C)N2CCN(c3cccc(C)c3C)CC2)cc1. The molecule has 1 saturated heterocycles. The molecule has 0 spiro atoms. The molecule has 1 aliphatic heterocycles. The second-order valence-electron chi connectivity index (χ2n) is 7.14. The van der Waals surface area contributed by atoms with Gasteiger partial charge in [0, 0.05) is 37.6 Å². The summed E-state index contributed by atoms with van der Waals surface area (Å²) in [6.45, 7) is 9.94. The summed E-state index contributed by atoms with van der Waals surface area (Å²) in [5.74, 6) is 0.809. The van der Waals surface area contributed by atoms with E-state index in [9.17, 15) is 4.79 Å². The van der Waals surface area contributed by atoms with Gasteiger partial charge in [0.1, 0.15) is 5.75 Å². The molecule has 3 rings (SSSR count). The number of nitrogens with one attached hydrogen (secondary N) is 1. The van der Waals surface area contributed by atoms with Crippen LogP contribution in [0.4, 0.5) is 11.4 Å². The molecule has 0 unspecified atom stereocenters. The van der Waals surface area contributed by atoms with Crippen LogP contribution in [0.1, 0.15) is 18.1 Å². The number of ether oxygens (including phenoxy) is 1. The highest BCUT2D eigenvalue weighted by atomic mass is 16.5. The average molecular weight is 367 g/mol. The molecule has 5 nitrogen and oxygen atoms in total. The van der Waals surface area contributed by atoms with Crippen LogP contribution in [0.3, 0.4) is 0 Å². The van der Waals surface area contributed by atoms with Gasteiger partial charge in [-0.25, -0.2) is 0 Å². The van der Waals surface area contributed by atoms with E-state index in [1.54, 1.807) is 7.11 Å². The minimum Gasteiger partial charge on any atom is -0.497 e. The molecular weight excluding hydrogens is 338 g/mol. The third kappa shape index (κ3) is 4.42. The molecule has 1 amide bonds. The van der Waals surface area contributed by atoms with E-state index in [0.29, 0.717) is 0 Å². The molecule has 144 valence electrons. The van der Waals surface area contributed by atoms with Gasteiger partial charge in [-0.15, -0.1) is 0 Å². The monoisotopic (exact) mass is 367 g/mol. The van der Waals surface area contributed by atoms with E-state index in [1.807, 2.05) is 31.2 Å². The first kappa shape index (κ1) is 19.2. The first-order valence-electron chi connectivity index (χ1n) is 9.49. The lowest BCUT2D eigenvalue weighted by Crippen LogP contribution is -2.53. The molecule has 1 N–H and O–H groups in total. The van der Waals surface area contributed by atoms with Gasteiger partial charge >= 0.3 is 0 Å². The summed E-state index contributed by atoms with van der Waals surface area (Å²) in [6, 6.07) is 13.7. The number of nitrogens with zero attached hydrogens (tertiary/aromatic N) is 2. The first-order chi connectivity index (χ1) is 13.0. The fourth-order valence-corrected chi connectivity index (χ4v) is 3.52. The highest BCUT2D eigenvalue weighted by molar-refractivity contribution is 5.94. The second-order valence-corrected chi connectivity index (χ2v) is 7.14. The Kier molecular flexibility index (Phi) is 6.01. The highest BCUT2D eigenvalue weighted by Crippen LogP contribution is 2.24. The number of aryl methyl sites for hydroxylation is 1. The maximum atomic E-state index is 12.6. The van der Waals surface area contributed by atoms with Crippen LogP contribution in [0.2, 0.25) is 0 Å². The zero-order valence-electron chi connectivity index (χ0n) is 16.7.